The lowest BCUT2D eigenvalue weighted by Gasteiger charge is -2.33. The van der Waals surface area contributed by atoms with Gasteiger partial charge in [-0.25, -0.2) is 0 Å². The minimum atomic E-state index is 0.199. The minimum absolute atomic E-state index is 0.199. The first kappa shape index (κ1) is 15.8. The lowest BCUT2D eigenvalue weighted by atomic mass is 10.0. The van der Waals surface area contributed by atoms with Gasteiger partial charge in [0.2, 0.25) is 0 Å². The van der Waals surface area contributed by atoms with E-state index in [0.29, 0.717) is 12.0 Å². The van der Waals surface area contributed by atoms with Crippen molar-refractivity contribution in [1.82, 2.24) is 10.2 Å². The number of thioether (sulfide) groups is 1. The zero-order valence-corrected chi connectivity index (χ0v) is 13.6. The maximum absolute atomic E-state index is 4.94. The van der Waals surface area contributed by atoms with Crippen molar-refractivity contribution < 1.29 is 0 Å². The number of rotatable bonds is 5. The summed E-state index contributed by atoms with van der Waals surface area (Å²) in [6.45, 7) is 10.1. The molecule has 4 heteroatoms. The van der Waals surface area contributed by atoms with E-state index in [4.69, 9.17) is 4.99 Å². The van der Waals surface area contributed by atoms with E-state index >= 15 is 0 Å². The standard InChI is InChI=1S/C14H29N3S/c1-11(2)9-12(10-17(5)6)15-13-16-14(3,4)7-8-18-13/h11-12H,7-10H2,1-6H3,(H,15,16). The van der Waals surface area contributed by atoms with E-state index in [9.17, 15) is 0 Å². The summed E-state index contributed by atoms with van der Waals surface area (Å²) in [6, 6.07) is 0.406. The zero-order chi connectivity index (χ0) is 13.8. The predicted molar refractivity (Wildman–Crippen MR) is 83.5 cm³/mol. The second-order valence-corrected chi connectivity index (χ2v) is 7.67. The van der Waals surface area contributed by atoms with Gasteiger partial charge in [0.05, 0.1) is 6.04 Å². The number of amidine groups is 1. The highest BCUT2D eigenvalue weighted by Gasteiger charge is 2.25. The third-order valence-electron chi connectivity index (χ3n) is 3.03. The van der Waals surface area contributed by atoms with Gasteiger partial charge in [-0.05, 0) is 46.7 Å². The summed E-state index contributed by atoms with van der Waals surface area (Å²) < 4.78 is 0. The minimum Gasteiger partial charge on any atom is -0.360 e. The quantitative estimate of drug-likeness (QED) is 0.833. The van der Waals surface area contributed by atoms with Crippen LogP contribution in [0.1, 0.15) is 40.5 Å². The van der Waals surface area contributed by atoms with Crippen molar-refractivity contribution in [3.63, 3.8) is 0 Å². The molecule has 0 spiro atoms. The fourth-order valence-electron chi connectivity index (χ4n) is 2.16. The Kier molecular flexibility index (Phi) is 5.99. The number of hydrogen-bond acceptors (Lipinski definition) is 3. The Hall–Kier alpha value is -0.220. The smallest absolute Gasteiger partial charge is 0.157 e. The molecule has 0 aromatic rings. The largest absolute Gasteiger partial charge is 0.360 e. The van der Waals surface area contributed by atoms with E-state index in [2.05, 4.69) is 52.0 Å². The summed E-state index contributed by atoms with van der Waals surface area (Å²) >= 11 is 1.87. The van der Waals surface area contributed by atoms with Crippen molar-refractivity contribution in [3.05, 3.63) is 0 Å². The lowest BCUT2D eigenvalue weighted by molar-refractivity contribution is 0.344. The second kappa shape index (κ2) is 6.80. The monoisotopic (exact) mass is 271 g/mol. The Labute approximate surface area is 117 Å². The van der Waals surface area contributed by atoms with Crippen molar-refractivity contribution in [1.29, 1.82) is 0 Å². The summed E-state index contributed by atoms with van der Waals surface area (Å²) in [5, 5.41) is 4.70. The van der Waals surface area contributed by atoms with Gasteiger partial charge in [0, 0.05) is 17.8 Å². The lowest BCUT2D eigenvalue weighted by Crippen LogP contribution is -2.46. The van der Waals surface area contributed by atoms with E-state index in [1.165, 1.54) is 12.2 Å². The average molecular weight is 271 g/mol. The Bertz CT molecular complexity index is 275. The van der Waals surface area contributed by atoms with E-state index < -0.39 is 0 Å². The topological polar surface area (TPSA) is 27.6 Å². The number of nitrogens with zero attached hydrogens (tertiary/aromatic N) is 2. The molecule has 1 saturated heterocycles. The molecule has 1 aliphatic rings. The third kappa shape index (κ3) is 6.10. The molecule has 3 nitrogen and oxygen atoms in total. The van der Waals surface area contributed by atoms with Gasteiger partial charge in [0.15, 0.2) is 5.17 Å². The van der Waals surface area contributed by atoms with Crippen LogP contribution in [0.2, 0.25) is 0 Å². The molecule has 0 amide bonds. The molecule has 1 atom stereocenters. The van der Waals surface area contributed by atoms with Gasteiger partial charge in [-0.1, -0.05) is 25.6 Å². The number of aliphatic imine (C=N–C) groups is 1. The van der Waals surface area contributed by atoms with Crippen LogP contribution in [0.3, 0.4) is 0 Å². The molecule has 0 saturated carbocycles. The highest BCUT2D eigenvalue weighted by atomic mass is 32.2. The van der Waals surface area contributed by atoms with E-state index in [1.54, 1.807) is 0 Å². The van der Waals surface area contributed by atoms with Crippen LogP contribution in [0.5, 0.6) is 0 Å². The van der Waals surface area contributed by atoms with Gasteiger partial charge in [-0.15, -0.1) is 0 Å². The predicted octanol–water partition coefficient (Wildman–Crippen LogP) is 2.82. The van der Waals surface area contributed by atoms with Crippen LogP contribution in [0.15, 0.2) is 4.99 Å². The van der Waals surface area contributed by atoms with Gasteiger partial charge in [-0.3, -0.25) is 4.99 Å². The molecule has 106 valence electrons. The van der Waals surface area contributed by atoms with Crippen molar-refractivity contribution in [2.45, 2.75) is 52.1 Å². The third-order valence-corrected chi connectivity index (χ3v) is 3.92. The van der Waals surface area contributed by atoms with Crippen molar-refractivity contribution >= 4 is 16.9 Å². The Morgan fingerprint density at radius 2 is 2.06 bits per heavy atom. The molecule has 0 bridgehead atoms. The molecule has 18 heavy (non-hydrogen) atoms. The summed E-state index contributed by atoms with van der Waals surface area (Å²) in [6.07, 6.45) is 2.36. The average Bonchev–Trinajstić information content (AvgIpc) is 2.12. The molecular weight excluding hydrogens is 242 g/mol. The van der Waals surface area contributed by atoms with Crippen LogP contribution in [0, 0.1) is 5.92 Å². The first-order chi connectivity index (χ1) is 8.28. The van der Waals surface area contributed by atoms with Crippen molar-refractivity contribution in [2.24, 2.45) is 10.9 Å². The Balaban J connectivity index is 2.67. The van der Waals surface area contributed by atoms with Gasteiger partial charge >= 0.3 is 0 Å². The van der Waals surface area contributed by atoms with E-state index in [-0.39, 0.29) is 5.54 Å². The number of nitrogens with one attached hydrogen (secondary N) is 1. The fourth-order valence-corrected chi connectivity index (χ4v) is 3.54. The maximum Gasteiger partial charge on any atom is 0.157 e. The summed E-state index contributed by atoms with van der Waals surface area (Å²) in [5.41, 5.74) is 0.199. The van der Waals surface area contributed by atoms with Crippen LogP contribution in [0.25, 0.3) is 0 Å². The van der Waals surface area contributed by atoms with Crippen LogP contribution in [0.4, 0.5) is 0 Å². The van der Waals surface area contributed by atoms with Crippen LogP contribution >= 0.6 is 11.8 Å². The Morgan fingerprint density at radius 1 is 1.39 bits per heavy atom. The molecular formula is C14H29N3S. The normalized spacial score (nSPS) is 23.4. The molecule has 0 aromatic carbocycles. The molecule has 1 unspecified atom stereocenters. The first-order valence-electron chi connectivity index (χ1n) is 6.92. The van der Waals surface area contributed by atoms with Gasteiger partial charge in [0.25, 0.3) is 0 Å². The molecule has 0 radical (unpaired) electrons. The highest BCUT2D eigenvalue weighted by Crippen LogP contribution is 2.22. The fraction of sp³-hybridized carbons (Fsp3) is 0.929. The van der Waals surface area contributed by atoms with Gasteiger partial charge in [-0.2, -0.15) is 0 Å². The zero-order valence-electron chi connectivity index (χ0n) is 12.8. The Morgan fingerprint density at radius 3 is 2.56 bits per heavy atom. The molecule has 1 rings (SSSR count). The molecule has 1 heterocycles. The number of hydrogen-bond donors (Lipinski definition) is 1. The summed E-state index contributed by atoms with van der Waals surface area (Å²) in [7, 11) is 4.25. The molecule has 0 aliphatic carbocycles. The van der Waals surface area contributed by atoms with Crippen LogP contribution < -0.4 is 5.32 Å². The highest BCUT2D eigenvalue weighted by molar-refractivity contribution is 8.13. The molecule has 0 aromatic heterocycles. The van der Waals surface area contributed by atoms with Gasteiger partial charge < -0.3 is 10.2 Å². The molecule has 1 aliphatic heterocycles. The maximum atomic E-state index is 4.94. The van der Waals surface area contributed by atoms with E-state index in [1.807, 2.05) is 11.8 Å². The van der Waals surface area contributed by atoms with Gasteiger partial charge in [0.1, 0.15) is 0 Å². The summed E-state index contributed by atoms with van der Waals surface area (Å²) in [5.74, 6) is 1.87. The van der Waals surface area contributed by atoms with Crippen LogP contribution in [-0.2, 0) is 0 Å². The van der Waals surface area contributed by atoms with Crippen LogP contribution in [-0.4, -0.2) is 48.0 Å². The van der Waals surface area contributed by atoms with Crippen molar-refractivity contribution in [2.75, 3.05) is 26.4 Å². The number of likely N-dealkylation sites (N-methyl/N-ethyl adjacent to an activating group) is 1. The molecule has 1 fully saturated rings. The van der Waals surface area contributed by atoms with E-state index in [0.717, 1.165) is 18.1 Å². The summed E-state index contributed by atoms with van der Waals surface area (Å²) in [4.78, 5) is 7.17. The first-order valence-corrected chi connectivity index (χ1v) is 7.90. The SMILES string of the molecule is CC(C)CC(CN(C)C)N=C1NC(C)(C)CCS1. The van der Waals surface area contributed by atoms with Crippen molar-refractivity contribution in [3.8, 4) is 0 Å². The second-order valence-electron chi connectivity index (χ2n) is 6.59. The molecule has 1 N–H and O–H groups in total.